The molecule has 1 aliphatic rings. The molecular formula is C18H22N4OS. The summed E-state index contributed by atoms with van der Waals surface area (Å²) < 4.78 is 5.53. The quantitative estimate of drug-likeness (QED) is 0.749. The Hall–Kier alpha value is -1.92. The number of aromatic nitrogens is 3. The zero-order chi connectivity index (χ0) is 16.5. The number of rotatable bonds is 5. The molecule has 1 fully saturated rings. The summed E-state index contributed by atoms with van der Waals surface area (Å²) in [7, 11) is 0. The molecule has 0 spiro atoms. The summed E-state index contributed by atoms with van der Waals surface area (Å²) in [5, 5.41) is 13.8. The molecule has 0 saturated carbocycles. The summed E-state index contributed by atoms with van der Waals surface area (Å²) in [4.78, 5) is 3.79. The molecule has 1 N–H and O–H groups in total. The van der Waals surface area contributed by atoms with Crippen molar-refractivity contribution in [1.29, 1.82) is 0 Å². The van der Waals surface area contributed by atoms with E-state index in [1.54, 1.807) is 11.3 Å². The van der Waals surface area contributed by atoms with Gasteiger partial charge in [-0.2, -0.15) is 5.10 Å². The Bertz CT molecular complexity index is 805. The Balaban J connectivity index is 1.61. The van der Waals surface area contributed by atoms with E-state index in [-0.39, 0.29) is 0 Å². The minimum Gasteiger partial charge on any atom is -0.361 e. The summed E-state index contributed by atoms with van der Waals surface area (Å²) in [6.07, 6.45) is 5.24. The number of nitrogens with one attached hydrogen (secondary N) is 1. The lowest BCUT2D eigenvalue weighted by Crippen LogP contribution is -2.23. The maximum Gasteiger partial charge on any atom is 0.141 e. The average molecular weight is 342 g/mol. The lowest BCUT2D eigenvalue weighted by molar-refractivity contribution is 0.245. The predicted molar refractivity (Wildman–Crippen MR) is 94.9 cm³/mol. The van der Waals surface area contributed by atoms with Crippen LogP contribution in [0.4, 0.5) is 0 Å². The van der Waals surface area contributed by atoms with Gasteiger partial charge >= 0.3 is 0 Å². The van der Waals surface area contributed by atoms with E-state index in [9.17, 15) is 0 Å². The van der Waals surface area contributed by atoms with Crippen molar-refractivity contribution < 1.29 is 4.52 Å². The van der Waals surface area contributed by atoms with Crippen molar-refractivity contribution >= 4 is 11.3 Å². The third-order valence-corrected chi connectivity index (χ3v) is 5.75. The van der Waals surface area contributed by atoms with Crippen molar-refractivity contribution in [3.63, 3.8) is 0 Å². The topological polar surface area (TPSA) is 58.0 Å². The van der Waals surface area contributed by atoms with Crippen LogP contribution in [0.3, 0.4) is 0 Å². The summed E-state index contributed by atoms with van der Waals surface area (Å²) in [5.41, 5.74) is 4.75. The van der Waals surface area contributed by atoms with Gasteiger partial charge in [-0.1, -0.05) is 18.1 Å². The molecule has 126 valence electrons. The van der Waals surface area contributed by atoms with Crippen molar-refractivity contribution in [2.24, 2.45) is 0 Å². The van der Waals surface area contributed by atoms with E-state index in [0.29, 0.717) is 6.04 Å². The first-order valence-electron chi connectivity index (χ1n) is 8.53. The largest absolute Gasteiger partial charge is 0.361 e. The van der Waals surface area contributed by atoms with Gasteiger partial charge in [-0.25, -0.2) is 0 Å². The monoisotopic (exact) mass is 342 g/mol. The van der Waals surface area contributed by atoms with Gasteiger partial charge in [-0.15, -0.1) is 11.3 Å². The van der Waals surface area contributed by atoms with Crippen molar-refractivity contribution in [3.05, 3.63) is 46.3 Å². The fourth-order valence-corrected chi connectivity index (χ4v) is 4.49. The van der Waals surface area contributed by atoms with Crippen molar-refractivity contribution in [1.82, 2.24) is 20.3 Å². The van der Waals surface area contributed by atoms with Gasteiger partial charge in [0.15, 0.2) is 0 Å². The molecule has 3 aromatic rings. The molecule has 1 aliphatic heterocycles. The SMILES string of the molecule is CCc1onc(C)c1C1CCCN1Cc1cn[nH]c1-c1cccs1. The standard InChI is InChI=1S/C18H22N4OS/c1-3-15-17(12(2)21-23-15)14-6-4-8-22(14)11-13-10-19-20-18(13)16-7-5-9-24-16/h5,7,9-10,14H,3-4,6,8,11H2,1-2H3,(H,19,20). The van der Waals surface area contributed by atoms with Crippen LogP contribution >= 0.6 is 11.3 Å². The lowest BCUT2D eigenvalue weighted by Gasteiger charge is -2.24. The Morgan fingerprint density at radius 2 is 2.38 bits per heavy atom. The number of aryl methyl sites for hydroxylation is 2. The Morgan fingerprint density at radius 3 is 3.17 bits per heavy atom. The normalized spacial score (nSPS) is 18.5. The molecule has 0 aliphatic carbocycles. The lowest BCUT2D eigenvalue weighted by atomic mass is 10.0. The van der Waals surface area contributed by atoms with Gasteiger partial charge in [-0.3, -0.25) is 10.00 Å². The summed E-state index contributed by atoms with van der Waals surface area (Å²) >= 11 is 1.75. The zero-order valence-corrected chi connectivity index (χ0v) is 14.9. The third-order valence-electron chi connectivity index (χ3n) is 4.86. The maximum absolute atomic E-state index is 5.53. The highest BCUT2D eigenvalue weighted by molar-refractivity contribution is 7.13. The van der Waals surface area contributed by atoms with E-state index in [0.717, 1.165) is 36.7 Å². The summed E-state index contributed by atoms with van der Waals surface area (Å²) in [5.74, 6) is 1.04. The first kappa shape index (κ1) is 15.6. The molecule has 3 aromatic heterocycles. The average Bonchev–Trinajstić information content (AvgIpc) is 3.34. The van der Waals surface area contributed by atoms with Crippen LogP contribution in [0.5, 0.6) is 0 Å². The highest BCUT2D eigenvalue weighted by Crippen LogP contribution is 2.38. The van der Waals surface area contributed by atoms with Gasteiger partial charge in [0.2, 0.25) is 0 Å². The molecule has 24 heavy (non-hydrogen) atoms. The van der Waals surface area contributed by atoms with Gasteiger partial charge in [0.25, 0.3) is 0 Å². The van der Waals surface area contributed by atoms with Gasteiger partial charge < -0.3 is 4.52 Å². The number of H-pyrrole nitrogens is 1. The molecule has 0 aromatic carbocycles. The molecule has 4 rings (SSSR count). The van der Waals surface area contributed by atoms with Crippen LogP contribution < -0.4 is 0 Å². The van der Waals surface area contributed by atoms with Crippen LogP contribution in [0, 0.1) is 6.92 Å². The smallest absolute Gasteiger partial charge is 0.141 e. The van der Waals surface area contributed by atoms with Crippen LogP contribution in [0.1, 0.15) is 48.4 Å². The van der Waals surface area contributed by atoms with E-state index in [1.165, 1.54) is 28.8 Å². The number of thiophene rings is 1. The van der Waals surface area contributed by atoms with Crippen molar-refractivity contribution in [2.75, 3.05) is 6.54 Å². The first-order valence-corrected chi connectivity index (χ1v) is 9.41. The zero-order valence-electron chi connectivity index (χ0n) is 14.1. The summed E-state index contributed by atoms with van der Waals surface area (Å²) in [6.45, 7) is 6.20. The second-order valence-electron chi connectivity index (χ2n) is 6.33. The molecule has 0 radical (unpaired) electrons. The van der Waals surface area contributed by atoms with E-state index in [1.807, 2.05) is 6.20 Å². The molecule has 6 heteroatoms. The van der Waals surface area contributed by atoms with E-state index >= 15 is 0 Å². The molecule has 4 heterocycles. The van der Waals surface area contributed by atoms with Gasteiger partial charge in [0.1, 0.15) is 5.76 Å². The van der Waals surface area contributed by atoms with Crippen LogP contribution in [0.15, 0.2) is 28.2 Å². The summed E-state index contributed by atoms with van der Waals surface area (Å²) in [6, 6.07) is 4.62. The molecule has 1 atom stereocenters. The van der Waals surface area contributed by atoms with Crippen LogP contribution in [-0.4, -0.2) is 26.8 Å². The second kappa shape index (κ2) is 6.53. The minimum absolute atomic E-state index is 0.400. The molecule has 0 amide bonds. The van der Waals surface area contributed by atoms with Gasteiger partial charge in [-0.05, 0) is 37.8 Å². The number of aromatic amines is 1. The van der Waals surface area contributed by atoms with Crippen LogP contribution in [-0.2, 0) is 13.0 Å². The molecule has 0 bridgehead atoms. The number of nitrogens with zero attached hydrogens (tertiary/aromatic N) is 3. The molecule has 1 unspecified atom stereocenters. The number of hydrogen-bond acceptors (Lipinski definition) is 5. The molecule has 1 saturated heterocycles. The minimum atomic E-state index is 0.400. The molecule has 5 nitrogen and oxygen atoms in total. The number of hydrogen-bond donors (Lipinski definition) is 1. The Morgan fingerprint density at radius 1 is 1.46 bits per heavy atom. The maximum atomic E-state index is 5.53. The fraction of sp³-hybridized carbons (Fsp3) is 0.444. The second-order valence-corrected chi connectivity index (χ2v) is 7.28. The molecular weight excluding hydrogens is 320 g/mol. The predicted octanol–water partition coefficient (Wildman–Crippen LogP) is 4.33. The number of likely N-dealkylation sites (tertiary alicyclic amines) is 1. The Kier molecular flexibility index (Phi) is 4.24. The van der Waals surface area contributed by atoms with E-state index in [4.69, 9.17) is 4.52 Å². The first-order chi connectivity index (χ1) is 11.8. The van der Waals surface area contributed by atoms with Crippen LogP contribution in [0.25, 0.3) is 10.6 Å². The Labute approximate surface area is 145 Å². The highest BCUT2D eigenvalue weighted by atomic mass is 32.1. The van der Waals surface area contributed by atoms with Gasteiger partial charge in [0.05, 0.1) is 22.5 Å². The van der Waals surface area contributed by atoms with Gasteiger partial charge in [0, 0.05) is 30.1 Å². The highest BCUT2D eigenvalue weighted by Gasteiger charge is 2.31. The van der Waals surface area contributed by atoms with Crippen molar-refractivity contribution in [2.45, 2.75) is 45.7 Å². The van der Waals surface area contributed by atoms with Crippen molar-refractivity contribution in [3.8, 4) is 10.6 Å². The van der Waals surface area contributed by atoms with Crippen LogP contribution in [0.2, 0.25) is 0 Å². The van der Waals surface area contributed by atoms with E-state index in [2.05, 4.69) is 51.6 Å². The fourth-order valence-electron chi connectivity index (χ4n) is 3.73. The third kappa shape index (κ3) is 2.70. The van der Waals surface area contributed by atoms with E-state index < -0.39 is 0 Å².